The minimum Gasteiger partial charge on any atom is -0.377 e. The topological polar surface area (TPSA) is 29.5 Å². The van der Waals surface area contributed by atoms with Crippen LogP contribution < -0.4 is 0 Å². The smallest absolute Gasteiger partial charge is 0.228 e. The average Bonchev–Trinajstić information content (AvgIpc) is 2.80. The maximum absolute atomic E-state index is 12.5. The van der Waals surface area contributed by atoms with Crippen molar-refractivity contribution in [2.75, 3.05) is 19.7 Å². The Morgan fingerprint density at radius 3 is 2.88 bits per heavy atom. The highest BCUT2D eigenvalue weighted by Gasteiger charge is 2.37. The number of piperidine rings is 1. The summed E-state index contributed by atoms with van der Waals surface area (Å²) in [4.78, 5) is 15.1. The third-order valence-corrected chi connectivity index (χ3v) is 5.40. The highest BCUT2D eigenvalue weighted by Crippen LogP contribution is 2.29. The first-order valence-corrected chi connectivity index (χ1v) is 7.59. The lowest BCUT2D eigenvalue weighted by molar-refractivity contribution is -0.138. The van der Waals surface area contributed by atoms with Gasteiger partial charge in [-0.05, 0) is 25.2 Å². The Kier molecular flexibility index (Phi) is 4.47. The van der Waals surface area contributed by atoms with E-state index in [2.05, 4.69) is 29.8 Å². The molecule has 0 aromatic rings. The summed E-state index contributed by atoms with van der Waals surface area (Å²) in [5.74, 6) is 0.981. The summed E-state index contributed by atoms with van der Waals surface area (Å²) in [6.45, 7) is 6.85. The van der Waals surface area contributed by atoms with Crippen LogP contribution in [-0.4, -0.2) is 41.4 Å². The van der Waals surface area contributed by atoms with Gasteiger partial charge in [-0.15, -0.1) is 0 Å². The summed E-state index contributed by atoms with van der Waals surface area (Å²) in [5.41, 5.74) is 0. The molecule has 0 bridgehead atoms. The van der Waals surface area contributed by atoms with Gasteiger partial charge in [-0.3, -0.25) is 4.79 Å². The van der Waals surface area contributed by atoms with E-state index in [9.17, 15) is 4.79 Å². The third kappa shape index (κ3) is 2.84. The minimum absolute atomic E-state index is 0.110. The van der Waals surface area contributed by atoms with Gasteiger partial charge in [0, 0.05) is 24.5 Å². The van der Waals surface area contributed by atoms with Crippen molar-refractivity contribution in [3.05, 3.63) is 0 Å². The fourth-order valence-corrected chi connectivity index (χ4v) is 3.26. The molecule has 0 N–H and O–H groups in total. The van der Waals surface area contributed by atoms with Gasteiger partial charge in [0.2, 0.25) is 5.91 Å². The van der Waals surface area contributed by atoms with Gasteiger partial charge in [-0.1, -0.05) is 29.8 Å². The van der Waals surface area contributed by atoms with E-state index >= 15 is 0 Å². The van der Waals surface area contributed by atoms with Crippen LogP contribution in [0.1, 0.15) is 33.1 Å². The number of halogens is 1. The SMILES string of the molecule is CCC1OCCC1C(=O)N1CCC(Br)C(C)C1. The van der Waals surface area contributed by atoms with Crippen LogP contribution in [0.2, 0.25) is 0 Å². The molecule has 17 heavy (non-hydrogen) atoms. The van der Waals surface area contributed by atoms with E-state index in [0.29, 0.717) is 16.7 Å². The summed E-state index contributed by atoms with van der Waals surface area (Å²) < 4.78 is 5.62. The third-order valence-electron chi connectivity index (χ3n) is 4.04. The van der Waals surface area contributed by atoms with Gasteiger partial charge < -0.3 is 9.64 Å². The van der Waals surface area contributed by atoms with Crippen molar-refractivity contribution >= 4 is 21.8 Å². The predicted molar refractivity (Wildman–Crippen MR) is 71.2 cm³/mol. The van der Waals surface area contributed by atoms with E-state index in [1.807, 2.05) is 4.90 Å². The van der Waals surface area contributed by atoms with Crippen LogP contribution in [0.4, 0.5) is 0 Å². The van der Waals surface area contributed by atoms with Crippen molar-refractivity contribution in [1.29, 1.82) is 0 Å². The molecule has 98 valence electrons. The maximum atomic E-state index is 12.5. The number of likely N-dealkylation sites (tertiary alicyclic amines) is 1. The van der Waals surface area contributed by atoms with E-state index in [1.54, 1.807) is 0 Å². The summed E-state index contributed by atoms with van der Waals surface area (Å²) in [6.07, 6.45) is 3.07. The van der Waals surface area contributed by atoms with Gasteiger partial charge in [-0.2, -0.15) is 0 Å². The molecule has 3 nitrogen and oxygen atoms in total. The van der Waals surface area contributed by atoms with Crippen molar-refractivity contribution in [1.82, 2.24) is 4.90 Å². The Bertz CT molecular complexity index is 285. The first-order valence-electron chi connectivity index (χ1n) is 6.68. The fraction of sp³-hybridized carbons (Fsp3) is 0.923. The molecule has 2 saturated heterocycles. The molecule has 0 aromatic heterocycles. The molecule has 0 aromatic carbocycles. The molecule has 4 atom stereocenters. The molecule has 0 radical (unpaired) electrons. The zero-order chi connectivity index (χ0) is 12.4. The Labute approximate surface area is 112 Å². The second-order valence-electron chi connectivity index (χ2n) is 5.28. The zero-order valence-corrected chi connectivity index (χ0v) is 12.3. The molecule has 1 amide bonds. The molecule has 4 heteroatoms. The summed E-state index contributed by atoms with van der Waals surface area (Å²) >= 11 is 3.68. The lowest BCUT2D eigenvalue weighted by Crippen LogP contribution is -2.47. The minimum atomic E-state index is 0.110. The summed E-state index contributed by atoms with van der Waals surface area (Å²) in [7, 11) is 0. The summed E-state index contributed by atoms with van der Waals surface area (Å²) in [6, 6.07) is 0. The van der Waals surface area contributed by atoms with Crippen LogP contribution >= 0.6 is 15.9 Å². The first kappa shape index (κ1) is 13.3. The van der Waals surface area contributed by atoms with Crippen LogP contribution in [0.25, 0.3) is 0 Å². The van der Waals surface area contributed by atoms with Crippen LogP contribution in [-0.2, 0) is 9.53 Å². The monoisotopic (exact) mass is 303 g/mol. The van der Waals surface area contributed by atoms with Gasteiger partial charge in [0.25, 0.3) is 0 Å². The highest BCUT2D eigenvalue weighted by atomic mass is 79.9. The molecule has 2 fully saturated rings. The van der Waals surface area contributed by atoms with Crippen molar-refractivity contribution in [3.63, 3.8) is 0 Å². The standard InChI is InChI=1S/C13H22BrNO2/c1-3-12-10(5-7-17-12)13(16)15-6-4-11(14)9(2)8-15/h9-12H,3-8H2,1-2H3. The number of rotatable bonds is 2. The quantitative estimate of drug-likeness (QED) is 0.733. The molecular weight excluding hydrogens is 282 g/mol. The van der Waals surface area contributed by atoms with E-state index < -0.39 is 0 Å². The van der Waals surface area contributed by atoms with Crippen molar-refractivity contribution in [2.45, 2.75) is 44.0 Å². The normalized spacial score (nSPS) is 38.4. The number of hydrogen-bond donors (Lipinski definition) is 0. The zero-order valence-electron chi connectivity index (χ0n) is 10.7. The van der Waals surface area contributed by atoms with E-state index in [1.165, 1.54) is 0 Å². The fourth-order valence-electron chi connectivity index (χ4n) is 2.88. The van der Waals surface area contributed by atoms with Crippen molar-refractivity contribution in [2.24, 2.45) is 11.8 Å². The van der Waals surface area contributed by atoms with E-state index in [4.69, 9.17) is 4.74 Å². The number of ether oxygens (including phenoxy) is 1. The molecule has 2 aliphatic rings. The molecule has 0 aliphatic carbocycles. The van der Waals surface area contributed by atoms with Crippen LogP contribution in [0.5, 0.6) is 0 Å². The largest absolute Gasteiger partial charge is 0.377 e. The van der Waals surface area contributed by atoms with Gasteiger partial charge in [-0.25, -0.2) is 0 Å². The lowest BCUT2D eigenvalue weighted by Gasteiger charge is -2.36. The number of nitrogens with zero attached hydrogens (tertiary/aromatic N) is 1. The number of carbonyl (C=O) groups is 1. The summed E-state index contributed by atoms with van der Waals surface area (Å²) in [5, 5.41) is 0. The number of hydrogen-bond acceptors (Lipinski definition) is 2. The van der Waals surface area contributed by atoms with Crippen LogP contribution in [0.15, 0.2) is 0 Å². The van der Waals surface area contributed by atoms with Crippen LogP contribution in [0, 0.1) is 11.8 Å². The molecule has 2 heterocycles. The molecule has 0 saturated carbocycles. The maximum Gasteiger partial charge on any atom is 0.228 e. The Balaban J connectivity index is 1.95. The van der Waals surface area contributed by atoms with E-state index in [-0.39, 0.29) is 12.0 Å². The Hall–Kier alpha value is -0.0900. The van der Waals surface area contributed by atoms with Crippen LogP contribution in [0.3, 0.4) is 0 Å². The second kappa shape index (κ2) is 5.70. The first-order chi connectivity index (χ1) is 8.13. The average molecular weight is 304 g/mol. The predicted octanol–water partition coefficient (Wildman–Crippen LogP) is 2.43. The second-order valence-corrected chi connectivity index (χ2v) is 6.46. The molecular formula is C13H22BrNO2. The van der Waals surface area contributed by atoms with Gasteiger partial charge in [0.05, 0.1) is 12.0 Å². The number of amides is 1. The van der Waals surface area contributed by atoms with Crippen molar-refractivity contribution in [3.8, 4) is 0 Å². The molecule has 0 spiro atoms. The van der Waals surface area contributed by atoms with Gasteiger partial charge in [0.1, 0.15) is 0 Å². The molecule has 2 aliphatic heterocycles. The molecule has 4 unspecified atom stereocenters. The lowest BCUT2D eigenvalue weighted by atomic mass is 9.94. The molecule has 2 rings (SSSR count). The number of carbonyl (C=O) groups excluding carboxylic acids is 1. The van der Waals surface area contributed by atoms with E-state index in [0.717, 1.165) is 39.0 Å². The number of alkyl halides is 1. The van der Waals surface area contributed by atoms with Crippen molar-refractivity contribution < 1.29 is 9.53 Å². The van der Waals surface area contributed by atoms with Gasteiger partial charge >= 0.3 is 0 Å². The Morgan fingerprint density at radius 2 is 2.24 bits per heavy atom. The van der Waals surface area contributed by atoms with Gasteiger partial charge in [0.15, 0.2) is 0 Å². The Morgan fingerprint density at radius 1 is 1.47 bits per heavy atom. The highest BCUT2D eigenvalue weighted by molar-refractivity contribution is 9.09.